The number of hydrogen-bond acceptors (Lipinski definition) is 6. The van der Waals surface area contributed by atoms with Gasteiger partial charge in [0, 0.05) is 19.6 Å². The lowest BCUT2D eigenvalue weighted by Crippen LogP contribution is -2.47. The maximum atomic E-state index is 12.1. The quantitative estimate of drug-likeness (QED) is 0.924. The molecule has 7 heteroatoms. The lowest BCUT2D eigenvalue weighted by atomic mass is 10.2. The zero-order valence-corrected chi connectivity index (χ0v) is 12.3. The van der Waals surface area contributed by atoms with Crippen molar-refractivity contribution in [3.63, 3.8) is 0 Å². The number of hydrogen-bond donors (Lipinski definition) is 1. The van der Waals surface area contributed by atoms with E-state index in [0.29, 0.717) is 18.3 Å². The Kier molecular flexibility index (Phi) is 4.54. The van der Waals surface area contributed by atoms with Gasteiger partial charge in [-0.25, -0.2) is 0 Å². The molecule has 0 radical (unpaired) electrons. The minimum absolute atomic E-state index is 0.162. The molecule has 0 saturated carbocycles. The molecule has 2 heterocycles. The fourth-order valence-corrected chi connectivity index (χ4v) is 2.71. The molecule has 21 heavy (non-hydrogen) atoms. The number of nitrogens with one attached hydrogen (secondary N) is 1. The number of anilines is 1. The van der Waals surface area contributed by atoms with E-state index in [1.165, 1.54) is 16.9 Å². The summed E-state index contributed by atoms with van der Waals surface area (Å²) in [6.45, 7) is 2.80. The average Bonchev–Trinajstić information content (AvgIpc) is 3.01. The van der Waals surface area contributed by atoms with Gasteiger partial charge in [-0.2, -0.15) is 0 Å². The van der Waals surface area contributed by atoms with Crippen LogP contribution in [-0.4, -0.2) is 46.8 Å². The van der Waals surface area contributed by atoms with Crippen molar-refractivity contribution in [3.05, 3.63) is 41.4 Å². The molecule has 1 aliphatic rings. The number of aromatic nitrogens is 2. The van der Waals surface area contributed by atoms with Crippen LogP contribution in [0, 0.1) is 0 Å². The summed E-state index contributed by atoms with van der Waals surface area (Å²) in [4.78, 5) is 14.4. The van der Waals surface area contributed by atoms with Crippen LogP contribution in [0.4, 0.5) is 5.13 Å². The Morgan fingerprint density at radius 2 is 2.29 bits per heavy atom. The largest absolute Gasteiger partial charge is 0.366 e. The number of amides is 1. The van der Waals surface area contributed by atoms with Gasteiger partial charge in [-0.15, -0.1) is 10.2 Å². The van der Waals surface area contributed by atoms with Crippen molar-refractivity contribution in [2.75, 3.05) is 25.0 Å². The lowest BCUT2D eigenvalue weighted by Gasteiger charge is -2.31. The van der Waals surface area contributed by atoms with Crippen molar-refractivity contribution in [1.29, 1.82) is 0 Å². The molecular formula is C14H16N4O2S. The second kappa shape index (κ2) is 6.75. The Hall–Kier alpha value is -1.83. The monoisotopic (exact) mass is 304 g/mol. The first-order valence-electron chi connectivity index (χ1n) is 6.76. The molecule has 1 saturated heterocycles. The van der Waals surface area contributed by atoms with Gasteiger partial charge >= 0.3 is 0 Å². The minimum atomic E-state index is -0.466. The predicted octanol–water partition coefficient (Wildman–Crippen LogP) is 1.38. The molecule has 0 bridgehead atoms. The smallest absolute Gasteiger partial charge is 0.256 e. The van der Waals surface area contributed by atoms with E-state index in [1.54, 1.807) is 5.51 Å². The Labute approximate surface area is 126 Å². The van der Waals surface area contributed by atoms with Crippen LogP contribution in [0.1, 0.15) is 5.56 Å². The molecule has 0 aliphatic carbocycles. The van der Waals surface area contributed by atoms with Gasteiger partial charge in [-0.1, -0.05) is 41.7 Å². The molecule has 1 aromatic carbocycles. The first-order chi connectivity index (χ1) is 10.3. The van der Waals surface area contributed by atoms with Crippen LogP contribution in [0.2, 0.25) is 0 Å². The first-order valence-corrected chi connectivity index (χ1v) is 7.64. The number of rotatable bonds is 4. The molecule has 1 atom stereocenters. The second-order valence-electron chi connectivity index (χ2n) is 4.81. The highest BCUT2D eigenvalue weighted by molar-refractivity contribution is 7.13. The molecule has 6 nitrogen and oxygen atoms in total. The van der Waals surface area contributed by atoms with E-state index in [4.69, 9.17) is 4.74 Å². The van der Waals surface area contributed by atoms with Gasteiger partial charge in [0.15, 0.2) is 0 Å². The normalized spacial score (nSPS) is 19.3. The van der Waals surface area contributed by atoms with Crippen LogP contribution < -0.4 is 5.32 Å². The number of ether oxygens (including phenoxy) is 1. The molecule has 1 amide bonds. The van der Waals surface area contributed by atoms with Crippen LogP contribution in [0.15, 0.2) is 35.8 Å². The van der Waals surface area contributed by atoms with Crippen molar-refractivity contribution in [3.8, 4) is 0 Å². The zero-order chi connectivity index (χ0) is 14.5. The highest BCUT2D eigenvalue weighted by atomic mass is 32.1. The summed E-state index contributed by atoms with van der Waals surface area (Å²) in [5.74, 6) is -0.162. The van der Waals surface area contributed by atoms with Crippen LogP contribution in [0.3, 0.4) is 0 Å². The molecule has 1 unspecified atom stereocenters. The standard InChI is InChI=1S/C14H16N4O2S/c19-13(16-14-17-15-10-21-14)12-9-18(6-7-20-12)8-11-4-2-1-3-5-11/h1-5,10,12H,6-9H2,(H,16,17,19). The Balaban J connectivity index is 1.56. The van der Waals surface area contributed by atoms with Crippen LogP contribution >= 0.6 is 11.3 Å². The molecule has 0 spiro atoms. The zero-order valence-electron chi connectivity index (χ0n) is 11.4. The summed E-state index contributed by atoms with van der Waals surface area (Å²) in [5, 5.41) is 10.7. The molecule has 1 N–H and O–H groups in total. The van der Waals surface area contributed by atoms with Crippen molar-refractivity contribution < 1.29 is 9.53 Å². The summed E-state index contributed by atoms with van der Waals surface area (Å²) in [5.41, 5.74) is 2.82. The van der Waals surface area contributed by atoms with Crippen LogP contribution in [0.5, 0.6) is 0 Å². The third-order valence-corrected chi connectivity index (χ3v) is 3.89. The van der Waals surface area contributed by atoms with E-state index in [9.17, 15) is 4.79 Å². The maximum Gasteiger partial charge on any atom is 0.256 e. The predicted molar refractivity (Wildman–Crippen MR) is 80.0 cm³/mol. The number of carbonyl (C=O) groups is 1. The maximum absolute atomic E-state index is 12.1. The van der Waals surface area contributed by atoms with Crippen molar-refractivity contribution >= 4 is 22.4 Å². The Morgan fingerprint density at radius 3 is 3.05 bits per heavy atom. The summed E-state index contributed by atoms with van der Waals surface area (Å²) in [7, 11) is 0. The molecule has 1 aliphatic heterocycles. The van der Waals surface area contributed by atoms with Crippen molar-refractivity contribution in [1.82, 2.24) is 15.1 Å². The first kappa shape index (κ1) is 14.1. The third-order valence-electron chi connectivity index (χ3n) is 3.28. The van der Waals surface area contributed by atoms with Crippen molar-refractivity contribution in [2.45, 2.75) is 12.6 Å². The summed E-state index contributed by atoms with van der Waals surface area (Å²) >= 11 is 1.30. The fourth-order valence-electron chi connectivity index (χ4n) is 2.26. The minimum Gasteiger partial charge on any atom is -0.366 e. The average molecular weight is 304 g/mol. The van der Waals surface area contributed by atoms with Gasteiger partial charge in [0.1, 0.15) is 11.6 Å². The van der Waals surface area contributed by atoms with E-state index < -0.39 is 6.10 Å². The third kappa shape index (κ3) is 3.84. The highest BCUT2D eigenvalue weighted by Gasteiger charge is 2.27. The van der Waals surface area contributed by atoms with Gasteiger partial charge < -0.3 is 4.74 Å². The molecule has 3 rings (SSSR count). The number of nitrogens with zero attached hydrogens (tertiary/aromatic N) is 3. The lowest BCUT2D eigenvalue weighted by molar-refractivity contribution is -0.133. The Morgan fingerprint density at radius 1 is 1.43 bits per heavy atom. The van der Waals surface area contributed by atoms with Gasteiger partial charge in [-0.05, 0) is 5.56 Å². The van der Waals surface area contributed by atoms with Crippen molar-refractivity contribution in [2.24, 2.45) is 0 Å². The number of benzene rings is 1. The van der Waals surface area contributed by atoms with Gasteiger partial charge in [0.25, 0.3) is 5.91 Å². The van der Waals surface area contributed by atoms with Crippen LogP contribution in [-0.2, 0) is 16.1 Å². The van der Waals surface area contributed by atoms with E-state index >= 15 is 0 Å². The van der Waals surface area contributed by atoms with Gasteiger partial charge in [0.05, 0.1) is 6.61 Å². The number of carbonyl (C=O) groups excluding carboxylic acids is 1. The molecular weight excluding hydrogens is 288 g/mol. The van der Waals surface area contributed by atoms with Gasteiger partial charge in [-0.3, -0.25) is 15.0 Å². The molecule has 1 aromatic heterocycles. The molecule has 2 aromatic rings. The van der Waals surface area contributed by atoms with E-state index in [-0.39, 0.29) is 5.91 Å². The highest BCUT2D eigenvalue weighted by Crippen LogP contribution is 2.13. The fraction of sp³-hybridized carbons (Fsp3) is 0.357. The number of morpholine rings is 1. The van der Waals surface area contributed by atoms with E-state index in [2.05, 4.69) is 32.5 Å². The summed E-state index contributed by atoms with van der Waals surface area (Å²) in [6.07, 6.45) is -0.466. The van der Waals surface area contributed by atoms with E-state index in [1.807, 2.05) is 18.2 Å². The summed E-state index contributed by atoms with van der Waals surface area (Å²) < 4.78 is 5.56. The Bertz CT molecular complexity index is 576. The molecule has 1 fully saturated rings. The van der Waals surface area contributed by atoms with E-state index in [0.717, 1.165) is 13.1 Å². The second-order valence-corrected chi connectivity index (χ2v) is 5.65. The SMILES string of the molecule is O=C(Nc1nncs1)C1CN(Cc2ccccc2)CCO1. The summed E-state index contributed by atoms with van der Waals surface area (Å²) in [6, 6.07) is 10.2. The van der Waals surface area contributed by atoms with Crippen LogP contribution in [0.25, 0.3) is 0 Å². The van der Waals surface area contributed by atoms with Gasteiger partial charge in [0.2, 0.25) is 5.13 Å². The molecule has 110 valence electrons. The topological polar surface area (TPSA) is 67.4 Å².